The van der Waals surface area contributed by atoms with Crippen molar-refractivity contribution < 1.29 is 4.39 Å². The zero-order chi connectivity index (χ0) is 13.3. The zero-order valence-corrected chi connectivity index (χ0v) is 11.3. The number of nitrogens with two attached hydrogens (primary N) is 1. The molecule has 2 aromatic rings. The van der Waals surface area contributed by atoms with E-state index in [1.54, 1.807) is 18.2 Å². The summed E-state index contributed by atoms with van der Waals surface area (Å²) in [5, 5.41) is 0.945. The highest BCUT2D eigenvalue weighted by atomic mass is 35.5. The van der Waals surface area contributed by atoms with Gasteiger partial charge in [-0.1, -0.05) is 35.3 Å². The van der Waals surface area contributed by atoms with Gasteiger partial charge in [-0.05, 0) is 42.3 Å². The predicted molar refractivity (Wildman–Crippen MR) is 73.6 cm³/mol. The fourth-order valence-corrected chi connectivity index (χ4v) is 2.33. The Hall–Kier alpha value is -1.09. The second-order valence-corrected chi connectivity index (χ2v) is 5.08. The molecule has 0 amide bonds. The van der Waals surface area contributed by atoms with Gasteiger partial charge in [-0.25, -0.2) is 4.39 Å². The van der Waals surface area contributed by atoms with Gasteiger partial charge >= 0.3 is 0 Å². The Morgan fingerprint density at radius 1 is 1.06 bits per heavy atom. The average molecular weight is 284 g/mol. The lowest BCUT2D eigenvalue weighted by atomic mass is 9.98. The summed E-state index contributed by atoms with van der Waals surface area (Å²) < 4.78 is 13.8. The minimum absolute atomic E-state index is 0.353. The average Bonchev–Trinajstić information content (AvgIpc) is 2.26. The molecule has 0 saturated heterocycles. The van der Waals surface area contributed by atoms with E-state index < -0.39 is 11.9 Å². The van der Waals surface area contributed by atoms with E-state index in [2.05, 4.69) is 0 Å². The summed E-state index contributed by atoms with van der Waals surface area (Å²) in [7, 11) is 0. The van der Waals surface area contributed by atoms with E-state index in [4.69, 9.17) is 28.9 Å². The van der Waals surface area contributed by atoms with Gasteiger partial charge in [0.25, 0.3) is 0 Å². The molecule has 0 aliphatic heterocycles. The second-order valence-electron chi connectivity index (χ2n) is 4.21. The van der Waals surface area contributed by atoms with Crippen LogP contribution in [-0.4, -0.2) is 0 Å². The van der Waals surface area contributed by atoms with Crippen LogP contribution in [-0.2, 0) is 0 Å². The van der Waals surface area contributed by atoms with E-state index in [9.17, 15) is 4.39 Å². The lowest BCUT2D eigenvalue weighted by molar-refractivity contribution is 0.600. The van der Waals surface area contributed by atoms with Gasteiger partial charge in [0.15, 0.2) is 0 Å². The molecule has 0 radical (unpaired) electrons. The quantitative estimate of drug-likeness (QED) is 0.864. The van der Waals surface area contributed by atoms with Crippen molar-refractivity contribution in [2.75, 3.05) is 0 Å². The number of rotatable bonds is 2. The fourth-order valence-electron chi connectivity index (χ4n) is 1.88. The van der Waals surface area contributed by atoms with Crippen molar-refractivity contribution >= 4 is 23.2 Å². The molecule has 18 heavy (non-hydrogen) atoms. The number of halogens is 3. The van der Waals surface area contributed by atoms with Crippen molar-refractivity contribution in [3.05, 3.63) is 69.0 Å². The maximum Gasteiger partial charge on any atom is 0.129 e. The van der Waals surface area contributed by atoms with Crippen LogP contribution < -0.4 is 5.73 Å². The summed E-state index contributed by atoms with van der Waals surface area (Å²) in [5.41, 5.74) is 8.23. The molecule has 0 aliphatic rings. The Labute approximate surface area is 115 Å². The van der Waals surface area contributed by atoms with Crippen molar-refractivity contribution in [3.8, 4) is 0 Å². The first kappa shape index (κ1) is 13.3. The topological polar surface area (TPSA) is 26.0 Å². The Bertz CT molecular complexity index is 564. The summed E-state index contributed by atoms with van der Waals surface area (Å²) in [6.07, 6.45) is 0. The van der Waals surface area contributed by atoms with Crippen LogP contribution in [0.1, 0.15) is 22.7 Å². The monoisotopic (exact) mass is 283 g/mol. The van der Waals surface area contributed by atoms with Crippen LogP contribution in [0.25, 0.3) is 0 Å². The summed E-state index contributed by atoms with van der Waals surface area (Å²) >= 11 is 11.7. The summed E-state index contributed by atoms with van der Waals surface area (Å²) in [5.74, 6) is -0.410. The second kappa shape index (κ2) is 5.27. The summed E-state index contributed by atoms with van der Waals surface area (Å²) in [4.78, 5) is 0. The van der Waals surface area contributed by atoms with Crippen LogP contribution in [0.5, 0.6) is 0 Å². The van der Waals surface area contributed by atoms with Gasteiger partial charge in [-0.3, -0.25) is 0 Å². The van der Waals surface area contributed by atoms with Crippen molar-refractivity contribution in [2.24, 2.45) is 5.73 Å². The van der Waals surface area contributed by atoms with Gasteiger partial charge in [0.05, 0.1) is 6.04 Å². The van der Waals surface area contributed by atoms with Crippen LogP contribution in [0.15, 0.2) is 36.4 Å². The predicted octanol–water partition coefficient (Wildman–Crippen LogP) is 4.49. The minimum atomic E-state index is -0.556. The van der Waals surface area contributed by atoms with Crippen LogP contribution in [0.2, 0.25) is 10.0 Å². The van der Waals surface area contributed by atoms with Gasteiger partial charge in [0.1, 0.15) is 5.82 Å². The molecule has 1 nitrogen and oxygen atoms in total. The first-order valence-corrected chi connectivity index (χ1v) is 6.20. The molecule has 0 spiro atoms. The highest BCUT2D eigenvalue weighted by Gasteiger charge is 2.14. The van der Waals surface area contributed by atoms with Crippen molar-refractivity contribution in [1.82, 2.24) is 0 Å². The number of benzene rings is 2. The zero-order valence-electron chi connectivity index (χ0n) is 9.75. The van der Waals surface area contributed by atoms with E-state index in [0.29, 0.717) is 15.6 Å². The Morgan fingerprint density at radius 2 is 1.78 bits per heavy atom. The molecular weight excluding hydrogens is 272 g/mol. The molecule has 2 N–H and O–H groups in total. The summed E-state index contributed by atoms with van der Waals surface area (Å²) in [6.45, 7) is 1.92. The molecule has 2 rings (SSSR count). The van der Waals surface area contributed by atoms with Gasteiger partial charge in [0.2, 0.25) is 0 Å². The third-order valence-electron chi connectivity index (χ3n) is 2.72. The molecule has 1 unspecified atom stereocenters. The Morgan fingerprint density at radius 3 is 2.39 bits per heavy atom. The molecule has 0 bridgehead atoms. The van der Waals surface area contributed by atoms with E-state index >= 15 is 0 Å². The lowest BCUT2D eigenvalue weighted by Gasteiger charge is -2.14. The van der Waals surface area contributed by atoms with Gasteiger partial charge in [-0.2, -0.15) is 0 Å². The molecule has 0 aliphatic carbocycles. The minimum Gasteiger partial charge on any atom is -0.320 e. The number of aryl methyl sites for hydroxylation is 1. The maximum atomic E-state index is 13.8. The molecule has 0 saturated carbocycles. The van der Waals surface area contributed by atoms with Crippen LogP contribution in [0.3, 0.4) is 0 Å². The van der Waals surface area contributed by atoms with Crippen molar-refractivity contribution in [1.29, 1.82) is 0 Å². The normalized spacial score (nSPS) is 12.5. The van der Waals surface area contributed by atoms with E-state index in [1.165, 1.54) is 6.07 Å². The van der Waals surface area contributed by atoms with Crippen LogP contribution >= 0.6 is 23.2 Å². The highest BCUT2D eigenvalue weighted by Crippen LogP contribution is 2.27. The van der Waals surface area contributed by atoms with Crippen molar-refractivity contribution in [3.63, 3.8) is 0 Å². The highest BCUT2D eigenvalue weighted by molar-refractivity contribution is 6.31. The molecule has 2 aromatic carbocycles. The number of hydrogen-bond acceptors (Lipinski definition) is 1. The SMILES string of the molecule is Cc1cc(Cl)cc(C(N)c2ccc(Cl)cc2F)c1. The van der Waals surface area contributed by atoms with E-state index in [-0.39, 0.29) is 0 Å². The first-order valence-electron chi connectivity index (χ1n) is 5.45. The molecule has 0 heterocycles. The Balaban J connectivity index is 2.44. The number of hydrogen-bond donors (Lipinski definition) is 1. The first-order chi connectivity index (χ1) is 8.47. The molecule has 0 aromatic heterocycles. The summed E-state index contributed by atoms with van der Waals surface area (Å²) in [6, 6.07) is 9.39. The van der Waals surface area contributed by atoms with Crippen LogP contribution in [0, 0.1) is 12.7 Å². The third kappa shape index (κ3) is 2.83. The molecule has 0 fully saturated rings. The van der Waals surface area contributed by atoms with Crippen LogP contribution in [0.4, 0.5) is 4.39 Å². The van der Waals surface area contributed by atoms with Gasteiger partial charge in [0, 0.05) is 15.6 Å². The molecule has 94 valence electrons. The lowest BCUT2D eigenvalue weighted by Crippen LogP contribution is -2.13. The smallest absolute Gasteiger partial charge is 0.129 e. The molecular formula is C14H12Cl2FN. The van der Waals surface area contributed by atoms with Gasteiger partial charge < -0.3 is 5.73 Å². The molecule has 4 heteroatoms. The Kier molecular flexibility index (Phi) is 3.91. The molecule has 1 atom stereocenters. The largest absolute Gasteiger partial charge is 0.320 e. The van der Waals surface area contributed by atoms with Gasteiger partial charge in [-0.15, -0.1) is 0 Å². The fraction of sp³-hybridized carbons (Fsp3) is 0.143. The van der Waals surface area contributed by atoms with E-state index in [0.717, 1.165) is 11.1 Å². The standard InChI is InChI=1S/C14H12Cl2FN/c1-8-4-9(6-11(16)5-8)14(18)12-3-2-10(15)7-13(12)17/h2-7,14H,18H2,1H3. The maximum absolute atomic E-state index is 13.8. The van der Waals surface area contributed by atoms with Crippen molar-refractivity contribution in [2.45, 2.75) is 13.0 Å². The third-order valence-corrected chi connectivity index (χ3v) is 3.17. The van der Waals surface area contributed by atoms with E-state index in [1.807, 2.05) is 19.1 Å².